The minimum atomic E-state index is -0.882. The van der Waals surface area contributed by atoms with Crippen LogP contribution in [0.4, 0.5) is 10.5 Å². The van der Waals surface area contributed by atoms with E-state index in [9.17, 15) is 19.2 Å². The summed E-state index contributed by atoms with van der Waals surface area (Å²) >= 11 is 0. The van der Waals surface area contributed by atoms with Crippen molar-refractivity contribution in [3.05, 3.63) is 100 Å². The van der Waals surface area contributed by atoms with Gasteiger partial charge in [0.2, 0.25) is 0 Å². The van der Waals surface area contributed by atoms with Gasteiger partial charge in [-0.15, -0.1) is 0 Å². The highest BCUT2D eigenvalue weighted by atomic mass is 16.5. The number of para-hydroxylation sites is 1. The Balaban J connectivity index is 1.62. The Bertz CT molecular complexity index is 1370. The van der Waals surface area contributed by atoms with Crippen LogP contribution in [0.15, 0.2) is 72.3 Å². The molecule has 1 fully saturated rings. The molecule has 8 heteroatoms. The Kier molecular flexibility index (Phi) is 6.96. The van der Waals surface area contributed by atoms with E-state index < -0.39 is 23.8 Å². The molecule has 1 aliphatic rings. The molecule has 0 bridgehead atoms. The van der Waals surface area contributed by atoms with E-state index in [2.05, 4.69) is 16.1 Å². The largest absolute Gasteiger partial charge is 0.488 e. The Morgan fingerprint density at radius 1 is 0.944 bits per heavy atom. The van der Waals surface area contributed by atoms with E-state index in [1.54, 1.807) is 24.3 Å². The van der Waals surface area contributed by atoms with Crippen molar-refractivity contribution in [1.29, 1.82) is 0 Å². The lowest BCUT2D eigenvalue weighted by Crippen LogP contribution is -2.54. The van der Waals surface area contributed by atoms with Crippen LogP contribution in [-0.4, -0.2) is 30.9 Å². The third-order valence-electron chi connectivity index (χ3n) is 5.54. The van der Waals surface area contributed by atoms with Crippen molar-refractivity contribution in [2.75, 3.05) is 12.0 Å². The van der Waals surface area contributed by atoms with E-state index in [1.807, 2.05) is 26.0 Å². The number of esters is 1. The van der Waals surface area contributed by atoms with Crippen molar-refractivity contribution in [2.45, 2.75) is 20.5 Å². The van der Waals surface area contributed by atoms with Crippen molar-refractivity contribution in [1.82, 2.24) is 5.32 Å². The van der Waals surface area contributed by atoms with Gasteiger partial charge < -0.3 is 9.47 Å². The number of hydrogen-bond acceptors (Lipinski definition) is 6. The second kappa shape index (κ2) is 10.3. The van der Waals surface area contributed by atoms with Crippen molar-refractivity contribution < 1.29 is 28.7 Å². The van der Waals surface area contributed by atoms with Crippen LogP contribution in [0.2, 0.25) is 0 Å². The number of ether oxygens (including phenoxy) is 2. The van der Waals surface area contributed by atoms with Crippen LogP contribution in [0.3, 0.4) is 0 Å². The smallest absolute Gasteiger partial charge is 0.337 e. The maximum Gasteiger partial charge on any atom is 0.337 e. The number of aryl methyl sites for hydroxylation is 2. The van der Waals surface area contributed by atoms with Crippen molar-refractivity contribution >= 4 is 35.6 Å². The molecule has 1 N–H and O–H groups in total. The fourth-order valence-corrected chi connectivity index (χ4v) is 3.96. The quantitative estimate of drug-likeness (QED) is 0.317. The highest BCUT2D eigenvalue weighted by molar-refractivity contribution is 6.39. The number of benzene rings is 3. The molecule has 0 aliphatic carbocycles. The van der Waals surface area contributed by atoms with Crippen LogP contribution < -0.4 is 15.0 Å². The molecule has 0 spiro atoms. The van der Waals surface area contributed by atoms with Gasteiger partial charge in [-0.3, -0.25) is 14.9 Å². The van der Waals surface area contributed by atoms with E-state index in [-0.39, 0.29) is 16.8 Å². The van der Waals surface area contributed by atoms with Gasteiger partial charge in [0.1, 0.15) is 17.9 Å². The Hall–Kier alpha value is -4.72. The fraction of sp³-hybridized carbons (Fsp3) is 0.143. The molecule has 4 rings (SSSR count). The summed E-state index contributed by atoms with van der Waals surface area (Å²) in [5.41, 5.74) is 3.98. The van der Waals surface area contributed by atoms with Crippen LogP contribution in [0.1, 0.15) is 32.6 Å². The van der Waals surface area contributed by atoms with Gasteiger partial charge >= 0.3 is 12.0 Å². The number of nitrogens with zero attached hydrogens (tertiary/aromatic N) is 1. The lowest BCUT2D eigenvalue weighted by molar-refractivity contribution is -0.122. The molecule has 4 amide bonds. The first-order valence-electron chi connectivity index (χ1n) is 11.2. The number of carbonyl (C=O) groups excluding carboxylic acids is 4. The number of rotatable bonds is 6. The molecule has 1 saturated heterocycles. The Morgan fingerprint density at radius 3 is 2.28 bits per heavy atom. The van der Waals surface area contributed by atoms with E-state index in [0.29, 0.717) is 17.9 Å². The van der Waals surface area contributed by atoms with Crippen molar-refractivity contribution in [3.8, 4) is 5.75 Å². The van der Waals surface area contributed by atoms with Gasteiger partial charge in [-0.2, -0.15) is 0 Å². The summed E-state index contributed by atoms with van der Waals surface area (Å²) in [6.45, 7) is 4.33. The average molecular weight is 485 g/mol. The first-order chi connectivity index (χ1) is 17.3. The normalized spacial score (nSPS) is 14.6. The van der Waals surface area contributed by atoms with E-state index in [1.165, 1.54) is 37.5 Å². The average Bonchev–Trinajstić information content (AvgIpc) is 2.85. The number of hydrogen-bond donors (Lipinski definition) is 1. The van der Waals surface area contributed by atoms with Crippen LogP contribution >= 0.6 is 0 Å². The summed E-state index contributed by atoms with van der Waals surface area (Å²) in [5.74, 6) is -1.67. The van der Waals surface area contributed by atoms with Gasteiger partial charge in [0.25, 0.3) is 11.8 Å². The van der Waals surface area contributed by atoms with Crippen LogP contribution in [0, 0.1) is 13.8 Å². The number of urea groups is 1. The molecule has 3 aromatic carbocycles. The zero-order chi connectivity index (χ0) is 25.8. The molecule has 1 heterocycles. The molecule has 182 valence electrons. The van der Waals surface area contributed by atoms with Crippen LogP contribution in [0.5, 0.6) is 5.75 Å². The first-order valence-corrected chi connectivity index (χ1v) is 11.2. The zero-order valence-electron chi connectivity index (χ0n) is 20.0. The Morgan fingerprint density at radius 2 is 1.61 bits per heavy atom. The molecule has 0 aromatic heterocycles. The number of imide groups is 2. The molecule has 0 atom stereocenters. The SMILES string of the molecule is COC(=O)c1ccc(N2C(=O)NC(=O)/C(=C\c3ccccc3OCc3cc(C)cc(C)c3)C2=O)cc1. The van der Waals surface area contributed by atoms with E-state index in [0.717, 1.165) is 21.6 Å². The number of nitrogens with one attached hydrogen (secondary N) is 1. The van der Waals surface area contributed by atoms with Gasteiger partial charge in [-0.25, -0.2) is 14.5 Å². The molecule has 0 saturated carbocycles. The van der Waals surface area contributed by atoms with Crippen LogP contribution in [-0.2, 0) is 20.9 Å². The number of carbonyl (C=O) groups is 4. The van der Waals surface area contributed by atoms with Gasteiger partial charge in [-0.1, -0.05) is 47.5 Å². The molecular weight excluding hydrogens is 460 g/mol. The third kappa shape index (κ3) is 5.17. The number of barbiturate groups is 1. The lowest BCUT2D eigenvalue weighted by atomic mass is 10.1. The zero-order valence-corrected chi connectivity index (χ0v) is 20.0. The maximum atomic E-state index is 13.2. The molecule has 3 aromatic rings. The second-order valence-corrected chi connectivity index (χ2v) is 8.32. The Labute approximate surface area is 208 Å². The molecule has 0 unspecified atom stereocenters. The highest BCUT2D eigenvalue weighted by Crippen LogP contribution is 2.26. The monoisotopic (exact) mass is 484 g/mol. The van der Waals surface area contributed by atoms with Gasteiger partial charge in [0, 0.05) is 5.56 Å². The lowest BCUT2D eigenvalue weighted by Gasteiger charge is -2.26. The van der Waals surface area contributed by atoms with Crippen LogP contribution in [0.25, 0.3) is 6.08 Å². The standard InChI is InChI=1S/C28H24N2O6/c1-17-12-18(2)14-19(13-17)16-36-24-7-5-4-6-21(24)15-23-25(31)29-28(34)30(26(23)32)22-10-8-20(9-11-22)27(33)35-3/h4-15H,16H2,1-3H3,(H,29,31,34)/b23-15+. The summed E-state index contributed by atoms with van der Waals surface area (Å²) in [4.78, 5) is 50.9. The van der Waals surface area contributed by atoms with Crippen molar-refractivity contribution in [2.24, 2.45) is 0 Å². The number of methoxy groups -OCH3 is 1. The maximum absolute atomic E-state index is 13.2. The highest BCUT2D eigenvalue weighted by Gasteiger charge is 2.37. The van der Waals surface area contributed by atoms with Gasteiger partial charge in [-0.05, 0) is 55.8 Å². The summed E-state index contributed by atoms with van der Waals surface area (Å²) < 4.78 is 10.7. The number of amides is 4. The molecule has 0 radical (unpaired) electrons. The summed E-state index contributed by atoms with van der Waals surface area (Å²) in [7, 11) is 1.25. The first kappa shape index (κ1) is 24.4. The van der Waals surface area contributed by atoms with E-state index >= 15 is 0 Å². The predicted molar refractivity (Wildman–Crippen MR) is 133 cm³/mol. The van der Waals surface area contributed by atoms with Gasteiger partial charge in [0.05, 0.1) is 18.4 Å². The summed E-state index contributed by atoms with van der Waals surface area (Å²) in [5, 5.41) is 2.19. The second-order valence-electron chi connectivity index (χ2n) is 8.32. The number of anilines is 1. The third-order valence-corrected chi connectivity index (χ3v) is 5.54. The fourth-order valence-electron chi connectivity index (χ4n) is 3.96. The molecular formula is C28H24N2O6. The predicted octanol–water partition coefficient (Wildman–Crippen LogP) is 4.34. The molecule has 1 aliphatic heterocycles. The van der Waals surface area contributed by atoms with E-state index in [4.69, 9.17) is 4.74 Å². The molecule has 8 nitrogen and oxygen atoms in total. The summed E-state index contributed by atoms with van der Waals surface area (Å²) in [6, 6.07) is 18.0. The molecule has 36 heavy (non-hydrogen) atoms. The topological polar surface area (TPSA) is 102 Å². The minimum absolute atomic E-state index is 0.197. The van der Waals surface area contributed by atoms with Gasteiger partial charge in [0.15, 0.2) is 0 Å². The van der Waals surface area contributed by atoms with Crippen molar-refractivity contribution in [3.63, 3.8) is 0 Å². The minimum Gasteiger partial charge on any atom is -0.488 e. The summed E-state index contributed by atoms with van der Waals surface area (Å²) in [6.07, 6.45) is 1.40.